The summed E-state index contributed by atoms with van der Waals surface area (Å²) >= 11 is 0. The summed E-state index contributed by atoms with van der Waals surface area (Å²) in [4.78, 5) is 18.6. The van der Waals surface area contributed by atoms with Crippen molar-refractivity contribution in [3.63, 3.8) is 0 Å². The highest BCUT2D eigenvalue weighted by Crippen LogP contribution is 2.20. The van der Waals surface area contributed by atoms with E-state index >= 15 is 0 Å². The number of ether oxygens (including phenoxy) is 1. The Morgan fingerprint density at radius 1 is 1.50 bits per heavy atom. The molecule has 0 bridgehead atoms. The van der Waals surface area contributed by atoms with Crippen LogP contribution in [-0.2, 0) is 4.74 Å². The predicted molar refractivity (Wildman–Crippen MR) is 79.0 cm³/mol. The molecule has 0 unspecified atom stereocenters. The molecule has 1 fully saturated rings. The highest BCUT2D eigenvalue weighted by molar-refractivity contribution is 5.99. The van der Waals surface area contributed by atoms with E-state index in [-0.39, 0.29) is 12.0 Å². The van der Waals surface area contributed by atoms with E-state index in [2.05, 4.69) is 17.2 Å². The SMILES string of the molecule is CCCNc1cnccc1C(=O)N1CCC(OC)CC1. The van der Waals surface area contributed by atoms with Gasteiger partial charge in [0.2, 0.25) is 0 Å². The smallest absolute Gasteiger partial charge is 0.256 e. The number of anilines is 1. The molecule has 2 rings (SSSR count). The average Bonchev–Trinajstić information content (AvgIpc) is 2.52. The molecule has 0 spiro atoms. The van der Waals surface area contributed by atoms with Gasteiger partial charge in [-0.3, -0.25) is 9.78 Å². The van der Waals surface area contributed by atoms with Crippen LogP contribution in [0.25, 0.3) is 0 Å². The molecule has 2 heterocycles. The standard InChI is InChI=1S/C15H23N3O2/c1-3-7-17-14-11-16-8-4-13(14)15(19)18-9-5-12(20-2)6-10-18/h4,8,11-12,17H,3,5-7,9-10H2,1-2H3. The second-order valence-corrected chi connectivity index (χ2v) is 5.08. The lowest BCUT2D eigenvalue weighted by molar-refractivity contribution is 0.0351. The lowest BCUT2D eigenvalue weighted by Crippen LogP contribution is -2.40. The van der Waals surface area contributed by atoms with Gasteiger partial charge in [-0.25, -0.2) is 0 Å². The first kappa shape index (κ1) is 14.8. The van der Waals surface area contributed by atoms with E-state index in [9.17, 15) is 4.79 Å². The summed E-state index contributed by atoms with van der Waals surface area (Å²) in [7, 11) is 1.73. The molecule has 5 nitrogen and oxygen atoms in total. The molecule has 1 amide bonds. The molecular weight excluding hydrogens is 254 g/mol. The number of hydrogen-bond donors (Lipinski definition) is 1. The maximum absolute atomic E-state index is 12.6. The molecule has 20 heavy (non-hydrogen) atoms. The minimum Gasteiger partial charge on any atom is -0.383 e. The number of pyridine rings is 1. The number of amides is 1. The molecule has 1 N–H and O–H groups in total. The number of carbonyl (C=O) groups is 1. The van der Waals surface area contributed by atoms with Gasteiger partial charge in [-0.05, 0) is 25.3 Å². The van der Waals surface area contributed by atoms with Crippen LogP contribution < -0.4 is 5.32 Å². The first-order valence-corrected chi connectivity index (χ1v) is 7.26. The summed E-state index contributed by atoms with van der Waals surface area (Å²) in [5.74, 6) is 0.0838. The summed E-state index contributed by atoms with van der Waals surface area (Å²) in [5.41, 5.74) is 1.54. The second-order valence-electron chi connectivity index (χ2n) is 5.08. The number of aromatic nitrogens is 1. The Morgan fingerprint density at radius 3 is 2.90 bits per heavy atom. The number of likely N-dealkylation sites (tertiary alicyclic amines) is 1. The Kier molecular flexibility index (Phi) is 5.35. The van der Waals surface area contributed by atoms with Gasteiger partial charge < -0.3 is 15.0 Å². The number of piperidine rings is 1. The Balaban J connectivity index is 2.05. The molecule has 5 heteroatoms. The first-order valence-electron chi connectivity index (χ1n) is 7.26. The van der Waals surface area contributed by atoms with Gasteiger partial charge in [0.1, 0.15) is 0 Å². The van der Waals surface area contributed by atoms with E-state index in [4.69, 9.17) is 4.74 Å². The zero-order chi connectivity index (χ0) is 14.4. The van der Waals surface area contributed by atoms with Gasteiger partial charge in [0.25, 0.3) is 5.91 Å². The van der Waals surface area contributed by atoms with Gasteiger partial charge in [0.15, 0.2) is 0 Å². The summed E-state index contributed by atoms with van der Waals surface area (Å²) in [6.45, 7) is 4.46. The molecule has 1 aromatic heterocycles. The topological polar surface area (TPSA) is 54.5 Å². The fourth-order valence-electron chi connectivity index (χ4n) is 2.45. The fraction of sp³-hybridized carbons (Fsp3) is 0.600. The highest BCUT2D eigenvalue weighted by atomic mass is 16.5. The van der Waals surface area contributed by atoms with Crippen molar-refractivity contribution in [1.82, 2.24) is 9.88 Å². The predicted octanol–water partition coefficient (Wildman–Crippen LogP) is 2.15. The molecule has 0 aliphatic carbocycles. The minimum absolute atomic E-state index is 0.0838. The maximum Gasteiger partial charge on any atom is 0.256 e. The molecule has 1 aromatic rings. The van der Waals surface area contributed by atoms with E-state index in [0.29, 0.717) is 5.56 Å². The number of nitrogens with zero attached hydrogens (tertiary/aromatic N) is 2. The van der Waals surface area contributed by atoms with Gasteiger partial charge in [-0.1, -0.05) is 6.92 Å². The lowest BCUT2D eigenvalue weighted by atomic mass is 10.1. The molecule has 0 atom stereocenters. The largest absolute Gasteiger partial charge is 0.383 e. The highest BCUT2D eigenvalue weighted by Gasteiger charge is 2.24. The molecule has 0 saturated carbocycles. The van der Waals surface area contributed by atoms with E-state index in [1.165, 1.54) is 0 Å². The monoisotopic (exact) mass is 277 g/mol. The van der Waals surface area contributed by atoms with E-state index in [1.54, 1.807) is 25.6 Å². The van der Waals surface area contributed by atoms with Crippen LogP contribution in [-0.4, -0.2) is 48.6 Å². The van der Waals surface area contributed by atoms with Gasteiger partial charge in [-0.2, -0.15) is 0 Å². The fourth-order valence-corrected chi connectivity index (χ4v) is 2.45. The maximum atomic E-state index is 12.6. The molecule has 1 aliphatic heterocycles. The third-order valence-electron chi connectivity index (χ3n) is 3.68. The van der Waals surface area contributed by atoms with Crippen molar-refractivity contribution in [2.45, 2.75) is 32.3 Å². The summed E-state index contributed by atoms with van der Waals surface area (Å²) in [5, 5.41) is 3.27. The van der Waals surface area contributed by atoms with Crippen LogP contribution in [0.5, 0.6) is 0 Å². The van der Waals surface area contributed by atoms with E-state index in [0.717, 1.165) is 44.6 Å². The summed E-state index contributed by atoms with van der Waals surface area (Å²) in [6, 6.07) is 1.79. The Morgan fingerprint density at radius 2 is 2.25 bits per heavy atom. The van der Waals surface area contributed by atoms with Crippen molar-refractivity contribution in [2.24, 2.45) is 0 Å². The number of rotatable bonds is 5. The van der Waals surface area contributed by atoms with Crippen LogP contribution in [0.4, 0.5) is 5.69 Å². The zero-order valence-corrected chi connectivity index (χ0v) is 12.3. The summed E-state index contributed by atoms with van der Waals surface area (Å²) in [6.07, 6.45) is 6.52. The lowest BCUT2D eigenvalue weighted by Gasteiger charge is -2.31. The zero-order valence-electron chi connectivity index (χ0n) is 12.3. The second kappa shape index (κ2) is 7.24. The minimum atomic E-state index is 0.0838. The third kappa shape index (κ3) is 3.48. The van der Waals surface area contributed by atoms with Crippen LogP contribution in [0.3, 0.4) is 0 Å². The number of methoxy groups -OCH3 is 1. The number of nitrogens with one attached hydrogen (secondary N) is 1. The normalized spacial score (nSPS) is 16.2. The Bertz CT molecular complexity index is 442. The Hall–Kier alpha value is -1.62. The van der Waals surface area contributed by atoms with Gasteiger partial charge >= 0.3 is 0 Å². The van der Waals surface area contributed by atoms with Crippen LogP contribution in [0.15, 0.2) is 18.5 Å². The van der Waals surface area contributed by atoms with Gasteiger partial charge in [0.05, 0.1) is 23.6 Å². The molecule has 0 radical (unpaired) electrons. The van der Waals surface area contributed by atoms with E-state index in [1.807, 2.05) is 4.90 Å². The van der Waals surface area contributed by atoms with Crippen LogP contribution in [0.1, 0.15) is 36.5 Å². The molecule has 1 aliphatic rings. The van der Waals surface area contributed by atoms with Crippen LogP contribution in [0.2, 0.25) is 0 Å². The van der Waals surface area contributed by atoms with Gasteiger partial charge in [0, 0.05) is 32.9 Å². The molecule has 1 saturated heterocycles. The molecule has 110 valence electrons. The third-order valence-corrected chi connectivity index (χ3v) is 3.68. The van der Waals surface area contributed by atoms with Crippen molar-refractivity contribution < 1.29 is 9.53 Å². The summed E-state index contributed by atoms with van der Waals surface area (Å²) < 4.78 is 5.34. The van der Waals surface area contributed by atoms with Crippen molar-refractivity contribution >= 4 is 11.6 Å². The number of hydrogen-bond acceptors (Lipinski definition) is 4. The first-order chi connectivity index (χ1) is 9.76. The molecular formula is C15H23N3O2. The van der Waals surface area contributed by atoms with E-state index < -0.39 is 0 Å². The van der Waals surface area contributed by atoms with Crippen LogP contribution >= 0.6 is 0 Å². The van der Waals surface area contributed by atoms with Crippen molar-refractivity contribution in [3.05, 3.63) is 24.0 Å². The van der Waals surface area contributed by atoms with Crippen molar-refractivity contribution in [1.29, 1.82) is 0 Å². The number of carbonyl (C=O) groups excluding carboxylic acids is 1. The van der Waals surface area contributed by atoms with Crippen molar-refractivity contribution in [2.75, 3.05) is 32.1 Å². The average molecular weight is 277 g/mol. The van der Waals surface area contributed by atoms with Gasteiger partial charge in [-0.15, -0.1) is 0 Å². The Labute approximate surface area is 120 Å². The van der Waals surface area contributed by atoms with Crippen molar-refractivity contribution in [3.8, 4) is 0 Å². The molecule has 0 aromatic carbocycles. The quantitative estimate of drug-likeness (QED) is 0.896. The van der Waals surface area contributed by atoms with Crippen LogP contribution in [0, 0.1) is 0 Å².